The van der Waals surface area contributed by atoms with Crippen LogP contribution in [0.5, 0.6) is 0 Å². The van der Waals surface area contributed by atoms with Crippen molar-refractivity contribution in [3.63, 3.8) is 0 Å². The fourth-order valence-corrected chi connectivity index (χ4v) is 1.68. The number of imidazole rings is 2. The largest absolute Gasteiger partial charge is 0.475 e. The van der Waals surface area contributed by atoms with Crippen molar-refractivity contribution in [1.82, 2.24) is 39.9 Å². The second-order valence-corrected chi connectivity index (χ2v) is 4.28. The molecule has 0 atom stereocenters. The third-order valence-corrected chi connectivity index (χ3v) is 2.73. The number of nitrogens with zero attached hydrogens (tertiary/aromatic N) is 6. The van der Waals surface area contributed by atoms with Crippen molar-refractivity contribution in [3.8, 4) is 0 Å². The fourth-order valence-electron chi connectivity index (χ4n) is 1.68. The zero-order valence-corrected chi connectivity index (χ0v) is 15.4. The summed E-state index contributed by atoms with van der Waals surface area (Å²) >= 11 is 0. The normalized spacial score (nSPS) is 9.92. The molecule has 0 aliphatic rings. The molecule has 13 heteroatoms. The van der Waals surface area contributed by atoms with Gasteiger partial charge in [0.15, 0.2) is 11.3 Å². The van der Waals surface area contributed by atoms with Crippen LogP contribution in [0.1, 0.15) is 21.2 Å². The van der Waals surface area contributed by atoms with Crippen LogP contribution in [0.2, 0.25) is 0 Å². The van der Waals surface area contributed by atoms with Gasteiger partial charge in [0.25, 0.3) is 0 Å². The molecule has 12 nitrogen and oxygen atoms in total. The van der Waals surface area contributed by atoms with Crippen LogP contribution < -0.4 is 0 Å². The number of hydrogen-bond acceptors (Lipinski definition) is 8. The van der Waals surface area contributed by atoms with Crippen LogP contribution in [0.15, 0.2) is 25.0 Å². The van der Waals surface area contributed by atoms with Gasteiger partial charge in [0.05, 0.1) is 25.0 Å². The Kier molecular flexibility index (Phi) is 5.39. The number of carbonyl (C=O) groups is 2. The molecule has 0 saturated carbocycles. The maximum atomic E-state index is 10.4. The Hall–Kier alpha value is -3.34. The first-order valence-electron chi connectivity index (χ1n) is 6.33. The van der Waals surface area contributed by atoms with E-state index in [1.165, 1.54) is 25.0 Å². The number of aromatic amines is 2. The van der Waals surface area contributed by atoms with Gasteiger partial charge in [-0.25, -0.2) is 39.5 Å². The van der Waals surface area contributed by atoms with E-state index in [0.717, 1.165) is 0 Å². The van der Waals surface area contributed by atoms with E-state index in [9.17, 15) is 9.59 Å². The van der Waals surface area contributed by atoms with Crippen molar-refractivity contribution in [2.24, 2.45) is 0 Å². The second kappa shape index (κ2) is 7.49. The second-order valence-electron chi connectivity index (χ2n) is 4.28. The van der Waals surface area contributed by atoms with Crippen LogP contribution >= 0.6 is 0 Å². The molecular formula is C12H8N8O4Zn. The Morgan fingerprint density at radius 1 is 0.760 bits per heavy atom. The molecule has 4 heterocycles. The molecule has 25 heavy (non-hydrogen) atoms. The number of H-pyrrole nitrogens is 2. The summed E-state index contributed by atoms with van der Waals surface area (Å²) in [5.74, 6) is -2.79. The quantitative estimate of drug-likeness (QED) is 0.340. The van der Waals surface area contributed by atoms with Gasteiger partial charge >= 0.3 is 11.9 Å². The third kappa shape index (κ3) is 3.95. The number of rotatable bonds is 2. The van der Waals surface area contributed by atoms with E-state index >= 15 is 0 Å². The summed E-state index contributed by atoms with van der Waals surface area (Å²) in [6.45, 7) is 0. The summed E-state index contributed by atoms with van der Waals surface area (Å²) in [6, 6.07) is 0. The Morgan fingerprint density at radius 3 is 1.52 bits per heavy atom. The number of aromatic carboxylic acids is 2. The summed E-state index contributed by atoms with van der Waals surface area (Å²) in [6.07, 6.45) is 5.65. The summed E-state index contributed by atoms with van der Waals surface area (Å²) in [7, 11) is 0. The summed E-state index contributed by atoms with van der Waals surface area (Å²) in [4.78, 5) is 48.5. The van der Waals surface area contributed by atoms with Gasteiger partial charge in [-0.1, -0.05) is 0 Å². The van der Waals surface area contributed by atoms with Crippen LogP contribution in [-0.2, 0) is 19.5 Å². The zero-order chi connectivity index (χ0) is 17.1. The Morgan fingerprint density at radius 2 is 1.16 bits per heavy atom. The molecule has 0 aliphatic heterocycles. The molecule has 4 aromatic heterocycles. The van der Waals surface area contributed by atoms with Crippen LogP contribution in [0.3, 0.4) is 0 Å². The van der Waals surface area contributed by atoms with E-state index in [-0.39, 0.29) is 31.1 Å². The van der Waals surface area contributed by atoms with E-state index in [1.807, 2.05) is 0 Å². The Balaban J connectivity index is 0.000000173. The van der Waals surface area contributed by atoms with Gasteiger partial charge in [0, 0.05) is 19.5 Å². The fraction of sp³-hybridized carbons (Fsp3) is 0. The summed E-state index contributed by atoms with van der Waals surface area (Å²) in [5, 5.41) is 17.0. The van der Waals surface area contributed by atoms with Crippen LogP contribution in [-0.4, -0.2) is 62.0 Å². The molecule has 0 saturated heterocycles. The number of nitrogens with one attached hydrogen (secondary N) is 2. The minimum absolute atomic E-state index is 0. The topological polar surface area (TPSA) is 184 Å². The van der Waals surface area contributed by atoms with E-state index in [1.54, 1.807) is 0 Å². The molecule has 0 fully saturated rings. The number of fused-ring (bicyclic) bond motifs is 2. The van der Waals surface area contributed by atoms with Crippen LogP contribution in [0.25, 0.3) is 22.3 Å². The molecule has 0 unspecified atom stereocenters. The molecular weight excluding hydrogens is 386 g/mol. The SMILES string of the molecule is O=C(O)c1ncc2[nH]cnc2n1.O=C(O)c1ncc2[nH]cnc2n1.[Zn]. The van der Waals surface area contributed by atoms with E-state index < -0.39 is 11.9 Å². The molecule has 0 aromatic carbocycles. The molecule has 4 aromatic rings. The number of carboxylic acids is 2. The van der Waals surface area contributed by atoms with E-state index in [4.69, 9.17) is 10.2 Å². The van der Waals surface area contributed by atoms with Crippen LogP contribution in [0.4, 0.5) is 0 Å². The van der Waals surface area contributed by atoms with Crippen molar-refractivity contribution in [2.75, 3.05) is 0 Å². The van der Waals surface area contributed by atoms with E-state index in [0.29, 0.717) is 22.3 Å². The maximum Gasteiger partial charge on any atom is 0.374 e. The van der Waals surface area contributed by atoms with Gasteiger partial charge < -0.3 is 20.2 Å². The minimum atomic E-state index is -1.15. The Labute approximate surface area is 150 Å². The molecule has 4 rings (SSSR count). The first-order valence-corrected chi connectivity index (χ1v) is 6.33. The van der Waals surface area contributed by atoms with E-state index in [2.05, 4.69) is 39.9 Å². The average molecular weight is 394 g/mol. The molecule has 0 bridgehead atoms. The number of aromatic nitrogens is 8. The number of carboxylic acid groups (broad SMARTS) is 2. The third-order valence-electron chi connectivity index (χ3n) is 2.73. The van der Waals surface area contributed by atoms with Crippen molar-refractivity contribution in [3.05, 3.63) is 36.7 Å². The van der Waals surface area contributed by atoms with Crippen LogP contribution in [0, 0.1) is 0 Å². The smallest absolute Gasteiger partial charge is 0.374 e. The zero-order valence-electron chi connectivity index (χ0n) is 12.4. The predicted molar refractivity (Wildman–Crippen MR) is 77.3 cm³/mol. The van der Waals surface area contributed by atoms with Gasteiger partial charge in [0.2, 0.25) is 11.6 Å². The van der Waals surface area contributed by atoms with Gasteiger partial charge in [-0.15, -0.1) is 0 Å². The molecule has 0 radical (unpaired) electrons. The first-order chi connectivity index (χ1) is 11.5. The number of hydrogen-bond donors (Lipinski definition) is 4. The molecule has 0 spiro atoms. The van der Waals surface area contributed by atoms with Gasteiger partial charge in [-0.3, -0.25) is 0 Å². The standard InChI is InChI=1S/2C6H4N4O2.Zn/c2*11-6(12)5-7-1-3-4(10-5)9-2-8-3;/h2*1-2H,(H,11,12)(H,7,8,9,10);. The Bertz CT molecular complexity index is 962. The maximum absolute atomic E-state index is 10.4. The van der Waals surface area contributed by atoms with Gasteiger partial charge in [-0.2, -0.15) is 0 Å². The van der Waals surface area contributed by atoms with Gasteiger partial charge in [-0.05, 0) is 0 Å². The molecule has 0 aliphatic carbocycles. The predicted octanol–water partition coefficient (Wildman–Crippen LogP) is 0.0997. The molecule has 0 amide bonds. The first kappa shape index (κ1) is 18.0. The van der Waals surface area contributed by atoms with Crippen molar-refractivity contribution in [1.29, 1.82) is 0 Å². The van der Waals surface area contributed by atoms with Crippen molar-refractivity contribution in [2.45, 2.75) is 0 Å². The monoisotopic (exact) mass is 392 g/mol. The van der Waals surface area contributed by atoms with Gasteiger partial charge in [0.1, 0.15) is 11.0 Å². The summed E-state index contributed by atoms with van der Waals surface area (Å²) in [5.41, 5.74) is 1.98. The van der Waals surface area contributed by atoms with Crippen molar-refractivity contribution < 1.29 is 39.3 Å². The molecule has 4 N–H and O–H groups in total. The average Bonchev–Trinajstić information content (AvgIpc) is 3.22. The van der Waals surface area contributed by atoms with Crippen molar-refractivity contribution >= 4 is 34.3 Å². The minimum Gasteiger partial charge on any atom is -0.475 e. The summed E-state index contributed by atoms with van der Waals surface area (Å²) < 4.78 is 0. The molecule has 122 valence electrons.